The lowest BCUT2D eigenvalue weighted by atomic mass is 10.1. The lowest BCUT2D eigenvalue weighted by molar-refractivity contribution is 0.833. The van der Waals surface area contributed by atoms with E-state index in [1.165, 1.54) is 16.9 Å². The fourth-order valence-electron chi connectivity index (χ4n) is 2.84. The number of hydrogen-bond donors (Lipinski definition) is 1. The molecule has 0 saturated heterocycles. The zero-order valence-corrected chi connectivity index (χ0v) is 16.6. The van der Waals surface area contributed by atoms with Crippen molar-refractivity contribution in [2.24, 2.45) is 4.99 Å². The minimum Gasteiger partial charge on any atom is -0.295 e. The highest BCUT2D eigenvalue weighted by molar-refractivity contribution is 7.18. The van der Waals surface area contributed by atoms with Gasteiger partial charge in [-0.05, 0) is 44.0 Å². The lowest BCUT2D eigenvalue weighted by Crippen LogP contribution is -2.17. The number of aryl methyl sites for hydroxylation is 3. The van der Waals surface area contributed by atoms with Gasteiger partial charge in [-0.15, -0.1) is 10.2 Å². The van der Waals surface area contributed by atoms with Gasteiger partial charge in [0.05, 0.1) is 11.3 Å². The highest BCUT2D eigenvalue weighted by atomic mass is 32.1. The van der Waals surface area contributed by atoms with Crippen LogP contribution in [0, 0.1) is 20.8 Å². The Hall–Kier alpha value is -3.32. The summed E-state index contributed by atoms with van der Waals surface area (Å²) in [7, 11) is 0. The van der Waals surface area contributed by atoms with Gasteiger partial charge in [-0.2, -0.15) is 0 Å². The molecule has 4 rings (SSSR count). The quantitative estimate of drug-likeness (QED) is 0.527. The first-order chi connectivity index (χ1) is 13.5. The van der Waals surface area contributed by atoms with Crippen LogP contribution >= 0.6 is 11.3 Å². The molecular weight excluding hydrogens is 370 g/mol. The van der Waals surface area contributed by atoms with Gasteiger partial charge in [-0.25, -0.2) is 9.67 Å². The molecule has 0 spiro atoms. The maximum atomic E-state index is 12.8. The number of nitrogens with one attached hydrogen (secondary N) is 1. The van der Waals surface area contributed by atoms with Crippen LogP contribution in [-0.4, -0.2) is 26.2 Å². The fraction of sp³-hybridized carbons (Fsp3) is 0.143. The molecule has 2 heterocycles. The van der Waals surface area contributed by atoms with Crippen molar-refractivity contribution in [3.05, 3.63) is 81.3 Å². The van der Waals surface area contributed by atoms with Crippen LogP contribution in [0.5, 0.6) is 0 Å². The number of nitrogens with zero attached hydrogens (tertiary/aromatic N) is 4. The predicted octanol–water partition coefficient (Wildman–Crippen LogP) is 4.36. The van der Waals surface area contributed by atoms with Crippen molar-refractivity contribution in [1.29, 1.82) is 0 Å². The Bertz CT molecular complexity index is 1220. The highest BCUT2D eigenvalue weighted by Gasteiger charge is 2.12. The Morgan fingerprint density at radius 2 is 1.82 bits per heavy atom. The Balaban J connectivity index is 1.64. The monoisotopic (exact) mass is 389 g/mol. The van der Waals surface area contributed by atoms with Gasteiger partial charge in [-0.1, -0.05) is 47.7 Å². The van der Waals surface area contributed by atoms with Crippen LogP contribution in [0.2, 0.25) is 0 Å². The van der Waals surface area contributed by atoms with Crippen LogP contribution in [0.25, 0.3) is 16.3 Å². The number of benzene rings is 2. The molecule has 0 atom stereocenters. The summed E-state index contributed by atoms with van der Waals surface area (Å²) in [5, 5.41) is 12.7. The van der Waals surface area contributed by atoms with Gasteiger partial charge in [0.1, 0.15) is 5.01 Å². The molecule has 6 nitrogen and oxygen atoms in total. The molecule has 0 unspecified atom stereocenters. The molecule has 0 radical (unpaired) electrons. The number of H-pyrrole nitrogens is 1. The van der Waals surface area contributed by atoms with E-state index in [4.69, 9.17) is 0 Å². The van der Waals surface area contributed by atoms with Crippen molar-refractivity contribution in [1.82, 2.24) is 20.0 Å². The molecule has 2 aromatic carbocycles. The van der Waals surface area contributed by atoms with Crippen LogP contribution in [-0.2, 0) is 0 Å². The van der Waals surface area contributed by atoms with Crippen molar-refractivity contribution in [3.8, 4) is 16.3 Å². The molecular formula is C21H19N5OS. The molecule has 0 fully saturated rings. The predicted molar refractivity (Wildman–Crippen MR) is 113 cm³/mol. The summed E-state index contributed by atoms with van der Waals surface area (Å²) in [5.74, 6) is 0. The zero-order chi connectivity index (χ0) is 19.7. The minimum atomic E-state index is -0.141. The summed E-state index contributed by atoms with van der Waals surface area (Å²) < 4.78 is 1.54. The summed E-state index contributed by atoms with van der Waals surface area (Å²) in [6.07, 6.45) is 1.56. The molecule has 0 amide bonds. The number of aromatic amines is 1. The summed E-state index contributed by atoms with van der Waals surface area (Å²) >= 11 is 1.38. The van der Waals surface area contributed by atoms with Gasteiger partial charge in [0.15, 0.2) is 0 Å². The van der Waals surface area contributed by atoms with Gasteiger partial charge in [0, 0.05) is 17.5 Å². The smallest absolute Gasteiger partial charge is 0.280 e. The van der Waals surface area contributed by atoms with Gasteiger partial charge >= 0.3 is 0 Å². The van der Waals surface area contributed by atoms with Crippen molar-refractivity contribution in [2.75, 3.05) is 0 Å². The van der Waals surface area contributed by atoms with Crippen LogP contribution in [0.1, 0.15) is 22.4 Å². The molecule has 7 heteroatoms. The van der Waals surface area contributed by atoms with E-state index in [0.29, 0.717) is 10.7 Å². The molecule has 0 aliphatic heterocycles. The minimum absolute atomic E-state index is 0.141. The first-order valence-electron chi connectivity index (χ1n) is 8.85. The second kappa shape index (κ2) is 7.36. The van der Waals surface area contributed by atoms with E-state index in [9.17, 15) is 4.79 Å². The SMILES string of the molecule is Cc1ccc(-n2[nH]c(C)c(/C=N/c3nnc(-c4ccccc4)s3)c2=O)cc1C. The largest absolute Gasteiger partial charge is 0.295 e. The van der Waals surface area contributed by atoms with E-state index in [2.05, 4.69) is 20.3 Å². The summed E-state index contributed by atoms with van der Waals surface area (Å²) in [6, 6.07) is 15.8. The van der Waals surface area contributed by atoms with Crippen molar-refractivity contribution in [2.45, 2.75) is 20.8 Å². The summed E-state index contributed by atoms with van der Waals surface area (Å²) in [5.41, 5.74) is 5.24. The molecule has 0 aliphatic carbocycles. The fourth-order valence-corrected chi connectivity index (χ4v) is 3.54. The van der Waals surface area contributed by atoms with Crippen molar-refractivity contribution < 1.29 is 0 Å². The van der Waals surface area contributed by atoms with Gasteiger partial charge < -0.3 is 0 Å². The van der Waals surface area contributed by atoms with E-state index >= 15 is 0 Å². The molecule has 28 heavy (non-hydrogen) atoms. The standard InChI is InChI=1S/C21H19N5OS/c1-13-9-10-17(11-14(13)2)26-20(27)18(15(3)25-26)12-22-21-24-23-19(28-21)16-7-5-4-6-8-16/h4-12,25H,1-3H3/b22-12+. The van der Waals surface area contributed by atoms with Gasteiger partial charge in [0.25, 0.3) is 5.56 Å². The molecule has 1 N–H and O–H groups in total. The molecule has 0 aliphatic rings. The van der Waals surface area contributed by atoms with E-state index in [0.717, 1.165) is 27.5 Å². The number of hydrogen-bond acceptors (Lipinski definition) is 5. The normalized spacial score (nSPS) is 11.4. The molecule has 0 bridgehead atoms. The average molecular weight is 389 g/mol. The summed E-state index contributed by atoms with van der Waals surface area (Å²) in [6.45, 7) is 5.93. The number of aliphatic imine (C=N–C) groups is 1. The number of aromatic nitrogens is 4. The van der Waals surface area contributed by atoms with Crippen molar-refractivity contribution in [3.63, 3.8) is 0 Å². The molecule has 0 saturated carbocycles. The lowest BCUT2D eigenvalue weighted by Gasteiger charge is -2.05. The topological polar surface area (TPSA) is 75.9 Å². The van der Waals surface area contributed by atoms with Crippen LogP contribution in [0.15, 0.2) is 58.3 Å². The van der Waals surface area contributed by atoms with Crippen LogP contribution < -0.4 is 5.56 Å². The molecule has 140 valence electrons. The zero-order valence-electron chi connectivity index (χ0n) is 15.8. The first kappa shape index (κ1) is 18.1. The van der Waals surface area contributed by atoms with Crippen LogP contribution in [0.3, 0.4) is 0 Å². The third-order valence-corrected chi connectivity index (χ3v) is 5.49. The first-order valence-corrected chi connectivity index (χ1v) is 9.67. The van der Waals surface area contributed by atoms with Crippen LogP contribution in [0.4, 0.5) is 5.13 Å². The van der Waals surface area contributed by atoms with Gasteiger partial charge in [0.2, 0.25) is 5.13 Å². The van der Waals surface area contributed by atoms with E-state index in [-0.39, 0.29) is 5.56 Å². The molecule has 2 aromatic heterocycles. The Morgan fingerprint density at radius 3 is 2.57 bits per heavy atom. The third-order valence-electron chi connectivity index (χ3n) is 4.60. The Kier molecular flexibility index (Phi) is 4.75. The third kappa shape index (κ3) is 3.44. The molecule has 4 aromatic rings. The highest BCUT2D eigenvalue weighted by Crippen LogP contribution is 2.27. The maximum absolute atomic E-state index is 12.8. The van der Waals surface area contributed by atoms with E-state index < -0.39 is 0 Å². The second-order valence-corrected chi connectivity index (χ2v) is 7.53. The second-order valence-electron chi connectivity index (χ2n) is 6.57. The summed E-state index contributed by atoms with van der Waals surface area (Å²) in [4.78, 5) is 17.2. The van der Waals surface area contributed by atoms with E-state index in [1.54, 1.807) is 10.9 Å². The van der Waals surface area contributed by atoms with Gasteiger partial charge in [-0.3, -0.25) is 9.89 Å². The van der Waals surface area contributed by atoms with E-state index in [1.807, 2.05) is 69.3 Å². The average Bonchev–Trinajstić information content (AvgIpc) is 3.28. The Morgan fingerprint density at radius 1 is 1.04 bits per heavy atom. The van der Waals surface area contributed by atoms with Crippen molar-refractivity contribution >= 4 is 22.7 Å². The Labute approximate surface area is 166 Å². The number of rotatable bonds is 4. The maximum Gasteiger partial charge on any atom is 0.280 e.